The second kappa shape index (κ2) is 7.34. The van der Waals surface area contributed by atoms with E-state index in [9.17, 15) is 22.0 Å². The van der Waals surface area contributed by atoms with E-state index < -0.39 is 27.4 Å². The van der Waals surface area contributed by atoms with Crippen molar-refractivity contribution in [3.63, 3.8) is 0 Å². The summed E-state index contributed by atoms with van der Waals surface area (Å²) in [6.45, 7) is 0. The number of carbonyl (C=O) groups excluding carboxylic acids is 1. The summed E-state index contributed by atoms with van der Waals surface area (Å²) in [6.07, 6.45) is 0. The van der Waals surface area contributed by atoms with E-state index in [4.69, 9.17) is 9.47 Å². The van der Waals surface area contributed by atoms with Crippen molar-refractivity contribution in [3.05, 3.63) is 35.7 Å². The van der Waals surface area contributed by atoms with Crippen molar-refractivity contribution in [3.8, 4) is 12.0 Å². The first-order valence-electron chi connectivity index (χ1n) is 6.56. The van der Waals surface area contributed by atoms with Gasteiger partial charge >= 0.3 is 17.8 Å². The number of ketones is 1. The van der Waals surface area contributed by atoms with E-state index in [1.165, 1.54) is 32.4 Å². The first kappa shape index (κ1) is 18.4. The van der Waals surface area contributed by atoms with Gasteiger partial charge in [0.2, 0.25) is 11.6 Å². The van der Waals surface area contributed by atoms with Gasteiger partial charge < -0.3 is 9.47 Å². The molecule has 0 atom stereocenters. The van der Waals surface area contributed by atoms with E-state index in [2.05, 4.69) is 15.0 Å². The lowest BCUT2D eigenvalue weighted by molar-refractivity contribution is 0.102. The van der Waals surface area contributed by atoms with Crippen LogP contribution in [0.4, 0.5) is 14.5 Å². The van der Waals surface area contributed by atoms with Gasteiger partial charge in [0.15, 0.2) is 0 Å². The van der Waals surface area contributed by atoms with E-state index in [0.717, 1.165) is 6.07 Å². The topological polar surface area (TPSA) is 120 Å². The van der Waals surface area contributed by atoms with Crippen LogP contribution in [0.1, 0.15) is 16.2 Å². The molecular weight excluding hydrogens is 362 g/mol. The van der Waals surface area contributed by atoms with Crippen LogP contribution < -0.4 is 14.2 Å². The first-order valence-corrected chi connectivity index (χ1v) is 8.10. The summed E-state index contributed by atoms with van der Waals surface area (Å²) in [6, 6.07) is 4.76. The van der Waals surface area contributed by atoms with Crippen molar-refractivity contribution >= 4 is 21.5 Å². The molecule has 2 rings (SSSR count). The number of rotatable bonds is 7. The minimum Gasteiger partial charge on any atom is -0.467 e. The highest BCUT2D eigenvalue weighted by Gasteiger charge is 2.27. The highest BCUT2D eigenvalue weighted by Crippen LogP contribution is 2.22. The number of para-hydroxylation sites is 1. The standard InChI is InChI=1S/C13H12F2N4O5S/c1-23-12-16-10(17-13(18-12)24-2)9(20)7-5-3-4-6-8(7)19-25(21,22)11(14)15/h3-6,11,19H,1-2H3. The molecule has 1 N–H and O–H groups in total. The summed E-state index contributed by atoms with van der Waals surface area (Å²) in [5.41, 5.74) is -0.576. The molecule has 9 nitrogen and oxygen atoms in total. The number of carbonyl (C=O) groups is 1. The number of hydrogen-bond acceptors (Lipinski definition) is 8. The lowest BCUT2D eigenvalue weighted by atomic mass is 10.1. The molecule has 1 heterocycles. The predicted octanol–water partition coefficient (Wildman–Crippen LogP) is 1.08. The Morgan fingerprint density at radius 1 is 1.08 bits per heavy atom. The van der Waals surface area contributed by atoms with Gasteiger partial charge in [-0.2, -0.15) is 18.7 Å². The molecule has 0 radical (unpaired) electrons. The zero-order chi connectivity index (χ0) is 18.6. The molecule has 1 aromatic carbocycles. The van der Waals surface area contributed by atoms with Crippen molar-refractivity contribution in [1.29, 1.82) is 0 Å². The SMILES string of the molecule is COc1nc(OC)nc(C(=O)c2ccccc2NS(=O)(=O)C(F)F)n1. The third-order valence-corrected chi connectivity index (χ3v) is 3.79. The molecule has 0 saturated heterocycles. The summed E-state index contributed by atoms with van der Waals surface area (Å²) in [5, 5.41) is 0. The van der Waals surface area contributed by atoms with Crippen LogP contribution in [0, 0.1) is 0 Å². The van der Waals surface area contributed by atoms with Gasteiger partial charge in [0.25, 0.3) is 10.0 Å². The number of ether oxygens (including phenoxy) is 2. The van der Waals surface area contributed by atoms with Gasteiger partial charge in [0.05, 0.1) is 25.5 Å². The van der Waals surface area contributed by atoms with Gasteiger partial charge in [0, 0.05) is 0 Å². The Morgan fingerprint density at radius 2 is 1.64 bits per heavy atom. The maximum atomic E-state index is 12.6. The van der Waals surface area contributed by atoms with Gasteiger partial charge in [-0.25, -0.2) is 8.42 Å². The summed E-state index contributed by atoms with van der Waals surface area (Å²) < 4.78 is 59.1. The molecule has 12 heteroatoms. The van der Waals surface area contributed by atoms with Crippen LogP contribution in [0.15, 0.2) is 24.3 Å². The predicted molar refractivity (Wildman–Crippen MR) is 81.4 cm³/mol. The van der Waals surface area contributed by atoms with Gasteiger partial charge in [0.1, 0.15) is 0 Å². The molecule has 0 aliphatic rings. The number of benzene rings is 1. The van der Waals surface area contributed by atoms with Crippen LogP contribution in [0.3, 0.4) is 0 Å². The molecule has 0 unspecified atom stereocenters. The van der Waals surface area contributed by atoms with Crippen molar-refractivity contribution in [2.75, 3.05) is 18.9 Å². The Morgan fingerprint density at radius 3 is 2.16 bits per heavy atom. The largest absolute Gasteiger partial charge is 0.467 e. The molecule has 25 heavy (non-hydrogen) atoms. The molecule has 0 aliphatic heterocycles. The van der Waals surface area contributed by atoms with Gasteiger partial charge in [-0.1, -0.05) is 12.1 Å². The van der Waals surface area contributed by atoms with Crippen molar-refractivity contribution in [2.24, 2.45) is 0 Å². The number of aromatic nitrogens is 3. The van der Waals surface area contributed by atoms with E-state index in [0.29, 0.717) is 0 Å². The maximum absolute atomic E-state index is 12.6. The number of anilines is 1. The Labute approximate surface area is 141 Å². The lowest BCUT2D eigenvalue weighted by Gasteiger charge is -2.11. The fourth-order valence-electron chi connectivity index (χ4n) is 1.71. The average molecular weight is 374 g/mol. The molecule has 0 amide bonds. The second-order valence-electron chi connectivity index (χ2n) is 4.41. The first-order chi connectivity index (χ1) is 11.8. The highest BCUT2D eigenvalue weighted by atomic mass is 32.2. The fourth-order valence-corrected chi connectivity index (χ4v) is 2.28. The summed E-state index contributed by atoms with van der Waals surface area (Å²) in [5.74, 6) is -4.91. The fraction of sp³-hybridized carbons (Fsp3) is 0.231. The monoisotopic (exact) mass is 374 g/mol. The molecule has 0 fully saturated rings. The molecule has 1 aromatic heterocycles. The zero-order valence-corrected chi connectivity index (χ0v) is 13.8. The minimum absolute atomic E-state index is 0.208. The van der Waals surface area contributed by atoms with Gasteiger partial charge in [-0.05, 0) is 12.1 Å². The number of hydrogen-bond donors (Lipinski definition) is 1. The average Bonchev–Trinajstić information content (AvgIpc) is 2.60. The van der Waals surface area contributed by atoms with E-state index in [-0.39, 0.29) is 23.3 Å². The maximum Gasteiger partial charge on any atom is 0.355 e. The molecule has 134 valence electrons. The number of halogens is 2. The van der Waals surface area contributed by atoms with E-state index >= 15 is 0 Å². The number of nitrogens with one attached hydrogen (secondary N) is 1. The van der Waals surface area contributed by atoms with Crippen LogP contribution in [0.2, 0.25) is 0 Å². The van der Waals surface area contributed by atoms with Crippen LogP contribution in [0.25, 0.3) is 0 Å². The van der Waals surface area contributed by atoms with E-state index in [1.807, 2.05) is 0 Å². The molecule has 0 spiro atoms. The second-order valence-corrected chi connectivity index (χ2v) is 6.07. The van der Waals surface area contributed by atoms with Crippen LogP contribution in [-0.4, -0.2) is 49.1 Å². The lowest BCUT2D eigenvalue weighted by Crippen LogP contribution is -2.22. The quantitative estimate of drug-likeness (QED) is 0.715. The Balaban J connectivity index is 2.48. The number of nitrogens with zero attached hydrogens (tertiary/aromatic N) is 3. The third kappa shape index (κ3) is 4.15. The van der Waals surface area contributed by atoms with Crippen molar-refractivity contribution in [2.45, 2.75) is 5.76 Å². The van der Waals surface area contributed by atoms with E-state index in [1.54, 1.807) is 4.72 Å². The Kier molecular flexibility index (Phi) is 5.41. The third-order valence-electron chi connectivity index (χ3n) is 2.82. The Hall–Kier alpha value is -2.89. The molecule has 0 aliphatic carbocycles. The number of methoxy groups -OCH3 is 2. The van der Waals surface area contributed by atoms with Crippen molar-refractivity contribution < 1.29 is 31.5 Å². The molecule has 0 bridgehead atoms. The van der Waals surface area contributed by atoms with Crippen LogP contribution in [-0.2, 0) is 10.0 Å². The summed E-state index contributed by atoms with van der Waals surface area (Å²) in [4.78, 5) is 23.8. The van der Waals surface area contributed by atoms with Crippen LogP contribution in [0.5, 0.6) is 12.0 Å². The molecular formula is C13H12F2N4O5S. The Bertz CT molecular complexity index is 869. The minimum atomic E-state index is -4.95. The summed E-state index contributed by atoms with van der Waals surface area (Å²) in [7, 11) is -2.44. The number of alkyl halides is 2. The molecule has 0 saturated carbocycles. The summed E-state index contributed by atoms with van der Waals surface area (Å²) >= 11 is 0. The van der Waals surface area contributed by atoms with Gasteiger partial charge in [-0.15, -0.1) is 4.98 Å². The zero-order valence-electron chi connectivity index (χ0n) is 12.9. The number of sulfonamides is 1. The van der Waals surface area contributed by atoms with Gasteiger partial charge in [-0.3, -0.25) is 9.52 Å². The van der Waals surface area contributed by atoms with Crippen LogP contribution >= 0.6 is 0 Å². The highest BCUT2D eigenvalue weighted by molar-refractivity contribution is 7.93. The smallest absolute Gasteiger partial charge is 0.355 e. The molecule has 2 aromatic rings. The normalized spacial score (nSPS) is 11.2. The van der Waals surface area contributed by atoms with Crippen molar-refractivity contribution in [1.82, 2.24) is 15.0 Å².